The first kappa shape index (κ1) is 11.3. The first-order valence-corrected chi connectivity index (χ1v) is 5.88. The van der Waals surface area contributed by atoms with E-state index in [4.69, 9.17) is 0 Å². The Bertz CT molecular complexity index is 441. The van der Waals surface area contributed by atoms with E-state index in [-0.39, 0.29) is 6.04 Å². The Morgan fingerprint density at radius 3 is 3.06 bits per heavy atom. The lowest BCUT2D eigenvalue weighted by Gasteiger charge is -2.13. The number of aromatic amines is 1. The van der Waals surface area contributed by atoms with Crippen LogP contribution in [0.15, 0.2) is 35.1 Å². The van der Waals surface area contributed by atoms with E-state index in [1.54, 1.807) is 0 Å². The van der Waals surface area contributed by atoms with Crippen LogP contribution in [-0.2, 0) is 6.54 Å². The molecule has 5 heteroatoms. The molecule has 2 aromatic rings. The summed E-state index contributed by atoms with van der Waals surface area (Å²) in [5, 5.41) is 10.00. The van der Waals surface area contributed by atoms with Gasteiger partial charge in [-0.15, -0.1) is 0 Å². The highest BCUT2D eigenvalue weighted by atomic mass is 79.9. The Balaban J connectivity index is 1.95. The largest absolute Gasteiger partial charge is 0.303 e. The summed E-state index contributed by atoms with van der Waals surface area (Å²) < 4.78 is 1.10. The SMILES string of the molecule is CC(NCc1ncn[nH]1)c1cccc(Br)c1. The average molecular weight is 281 g/mol. The summed E-state index contributed by atoms with van der Waals surface area (Å²) in [6.07, 6.45) is 1.51. The Labute approximate surface area is 103 Å². The minimum atomic E-state index is 0.280. The molecule has 0 aliphatic rings. The van der Waals surface area contributed by atoms with Crippen molar-refractivity contribution in [2.75, 3.05) is 0 Å². The fourth-order valence-electron chi connectivity index (χ4n) is 1.46. The van der Waals surface area contributed by atoms with Crippen LogP contribution in [-0.4, -0.2) is 15.2 Å². The van der Waals surface area contributed by atoms with E-state index < -0.39 is 0 Å². The van der Waals surface area contributed by atoms with Gasteiger partial charge in [-0.25, -0.2) is 4.98 Å². The lowest BCUT2D eigenvalue weighted by molar-refractivity contribution is 0.560. The van der Waals surface area contributed by atoms with Gasteiger partial charge in [-0.1, -0.05) is 28.1 Å². The van der Waals surface area contributed by atoms with Crippen molar-refractivity contribution < 1.29 is 0 Å². The third-order valence-corrected chi connectivity index (χ3v) is 2.88. The highest BCUT2D eigenvalue weighted by molar-refractivity contribution is 9.10. The number of nitrogens with zero attached hydrogens (tertiary/aromatic N) is 2. The van der Waals surface area contributed by atoms with Crippen molar-refractivity contribution >= 4 is 15.9 Å². The van der Waals surface area contributed by atoms with Crippen molar-refractivity contribution in [3.05, 3.63) is 46.5 Å². The number of nitrogens with one attached hydrogen (secondary N) is 2. The number of rotatable bonds is 4. The van der Waals surface area contributed by atoms with Gasteiger partial charge >= 0.3 is 0 Å². The predicted molar refractivity (Wildman–Crippen MR) is 65.8 cm³/mol. The molecule has 1 heterocycles. The fraction of sp³-hybridized carbons (Fsp3) is 0.273. The van der Waals surface area contributed by atoms with Crippen LogP contribution in [0.1, 0.15) is 24.4 Å². The van der Waals surface area contributed by atoms with Gasteiger partial charge in [0.1, 0.15) is 12.2 Å². The van der Waals surface area contributed by atoms with Crippen molar-refractivity contribution in [3.63, 3.8) is 0 Å². The number of halogens is 1. The average Bonchev–Trinajstić information content (AvgIpc) is 2.78. The van der Waals surface area contributed by atoms with Crippen LogP contribution < -0.4 is 5.32 Å². The Kier molecular flexibility index (Phi) is 3.69. The monoisotopic (exact) mass is 280 g/mol. The maximum Gasteiger partial charge on any atom is 0.138 e. The second-order valence-electron chi connectivity index (χ2n) is 3.59. The first-order chi connectivity index (χ1) is 7.75. The quantitative estimate of drug-likeness (QED) is 0.905. The topological polar surface area (TPSA) is 53.6 Å². The molecule has 0 aliphatic carbocycles. The molecule has 0 fully saturated rings. The van der Waals surface area contributed by atoms with E-state index >= 15 is 0 Å². The van der Waals surface area contributed by atoms with Crippen LogP contribution in [0, 0.1) is 0 Å². The molecule has 4 nitrogen and oxygen atoms in total. The summed E-state index contributed by atoms with van der Waals surface area (Å²) in [7, 11) is 0. The molecule has 16 heavy (non-hydrogen) atoms. The summed E-state index contributed by atoms with van der Waals surface area (Å²) in [4.78, 5) is 4.06. The van der Waals surface area contributed by atoms with Crippen LogP contribution in [0.2, 0.25) is 0 Å². The molecule has 0 bridgehead atoms. The molecule has 0 spiro atoms. The maximum atomic E-state index is 4.06. The van der Waals surface area contributed by atoms with Crippen molar-refractivity contribution in [2.45, 2.75) is 19.5 Å². The molecule has 0 radical (unpaired) electrons. The van der Waals surface area contributed by atoms with Crippen molar-refractivity contribution in [2.24, 2.45) is 0 Å². The molecule has 1 unspecified atom stereocenters. The van der Waals surface area contributed by atoms with Crippen LogP contribution in [0.5, 0.6) is 0 Å². The normalized spacial score (nSPS) is 12.6. The zero-order valence-electron chi connectivity index (χ0n) is 8.94. The number of hydrogen-bond acceptors (Lipinski definition) is 3. The highest BCUT2D eigenvalue weighted by Crippen LogP contribution is 2.17. The molecule has 1 atom stereocenters. The van der Waals surface area contributed by atoms with Gasteiger partial charge in [0, 0.05) is 10.5 Å². The molecule has 0 amide bonds. The lowest BCUT2D eigenvalue weighted by atomic mass is 10.1. The summed E-state index contributed by atoms with van der Waals surface area (Å²) in [6, 6.07) is 8.54. The van der Waals surface area contributed by atoms with E-state index in [1.807, 2.05) is 12.1 Å². The Hall–Kier alpha value is -1.20. The van der Waals surface area contributed by atoms with Crippen molar-refractivity contribution in [3.8, 4) is 0 Å². The smallest absolute Gasteiger partial charge is 0.138 e. The van der Waals surface area contributed by atoms with Gasteiger partial charge < -0.3 is 5.32 Å². The molecular formula is C11H13BrN4. The standard InChI is InChI=1S/C11H13BrN4/c1-8(9-3-2-4-10(12)5-9)13-6-11-14-7-15-16-11/h2-5,7-8,13H,6H2,1H3,(H,14,15,16). The molecular weight excluding hydrogens is 268 g/mol. The van der Waals surface area contributed by atoms with Gasteiger partial charge in [0.05, 0.1) is 6.54 Å². The lowest BCUT2D eigenvalue weighted by Crippen LogP contribution is -2.18. The second-order valence-corrected chi connectivity index (χ2v) is 4.51. The number of aromatic nitrogens is 3. The summed E-state index contributed by atoms with van der Waals surface area (Å²) in [6.45, 7) is 2.81. The summed E-state index contributed by atoms with van der Waals surface area (Å²) >= 11 is 3.46. The molecule has 1 aromatic carbocycles. The van der Waals surface area contributed by atoms with Gasteiger partial charge in [0.25, 0.3) is 0 Å². The van der Waals surface area contributed by atoms with E-state index in [0.717, 1.165) is 10.3 Å². The van der Waals surface area contributed by atoms with Gasteiger partial charge in [0.15, 0.2) is 0 Å². The fourth-order valence-corrected chi connectivity index (χ4v) is 1.88. The van der Waals surface area contributed by atoms with Gasteiger partial charge in [-0.05, 0) is 24.6 Å². The van der Waals surface area contributed by atoms with Gasteiger partial charge in [0.2, 0.25) is 0 Å². The molecule has 0 saturated heterocycles. The maximum absolute atomic E-state index is 4.06. The summed E-state index contributed by atoms with van der Waals surface area (Å²) in [5.74, 6) is 0.849. The number of hydrogen-bond donors (Lipinski definition) is 2. The van der Waals surface area contributed by atoms with Crippen molar-refractivity contribution in [1.82, 2.24) is 20.5 Å². The van der Waals surface area contributed by atoms with E-state index in [2.05, 4.69) is 55.5 Å². The van der Waals surface area contributed by atoms with Crippen LogP contribution in [0.25, 0.3) is 0 Å². The third kappa shape index (κ3) is 2.90. The molecule has 2 rings (SSSR count). The highest BCUT2D eigenvalue weighted by Gasteiger charge is 2.05. The molecule has 2 N–H and O–H groups in total. The van der Waals surface area contributed by atoms with E-state index in [9.17, 15) is 0 Å². The molecule has 84 valence electrons. The van der Waals surface area contributed by atoms with Crippen molar-refractivity contribution in [1.29, 1.82) is 0 Å². The zero-order chi connectivity index (χ0) is 11.4. The summed E-state index contributed by atoms with van der Waals surface area (Å²) in [5.41, 5.74) is 1.24. The third-order valence-electron chi connectivity index (χ3n) is 2.39. The van der Waals surface area contributed by atoms with Crippen LogP contribution >= 0.6 is 15.9 Å². The zero-order valence-corrected chi connectivity index (χ0v) is 10.5. The van der Waals surface area contributed by atoms with E-state index in [0.29, 0.717) is 6.54 Å². The van der Waals surface area contributed by atoms with Crippen LogP contribution in [0.4, 0.5) is 0 Å². The number of benzene rings is 1. The minimum Gasteiger partial charge on any atom is -0.303 e. The van der Waals surface area contributed by atoms with Crippen LogP contribution in [0.3, 0.4) is 0 Å². The second kappa shape index (κ2) is 5.23. The Morgan fingerprint density at radius 1 is 1.50 bits per heavy atom. The Morgan fingerprint density at radius 2 is 2.38 bits per heavy atom. The van der Waals surface area contributed by atoms with Gasteiger partial charge in [-0.2, -0.15) is 5.10 Å². The molecule has 0 aliphatic heterocycles. The van der Waals surface area contributed by atoms with Gasteiger partial charge in [-0.3, -0.25) is 5.10 Å². The predicted octanol–water partition coefficient (Wildman–Crippen LogP) is 2.42. The molecule has 1 aromatic heterocycles. The van der Waals surface area contributed by atoms with E-state index in [1.165, 1.54) is 11.9 Å². The first-order valence-electron chi connectivity index (χ1n) is 5.09. The molecule has 0 saturated carbocycles. The number of H-pyrrole nitrogens is 1. The minimum absolute atomic E-state index is 0.280.